The smallest absolute Gasteiger partial charge is 0.308 e. The van der Waals surface area contributed by atoms with Crippen molar-refractivity contribution in [1.29, 1.82) is 0 Å². The van der Waals surface area contributed by atoms with Crippen LogP contribution in [0.4, 0.5) is 14.5 Å². The molecular weight excluding hydrogens is 272 g/mol. The molecule has 9 heteroatoms. The highest BCUT2D eigenvalue weighted by atomic mass is 35.5. The average molecular weight is 276 g/mol. The highest BCUT2D eigenvalue weighted by Gasteiger charge is 2.24. The summed E-state index contributed by atoms with van der Waals surface area (Å²) in [5.41, 5.74) is -1.49. The minimum atomic E-state index is -1.24. The van der Waals surface area contributed by atoms with Gasteiger partial charge in [0.25, 0.3) is 5.89 Å². The Morgan fingerprint density at radius 3 is 2.72 bits per heavy atom. The molecule has 0 saturated heterocycles. The van der Waals surface area contributed by atoms with Crippen molar-refractivity contribution in [2.75, 3.05) is 0 Å². The number of aromatic nitrogens is 2. The molecule has 0 saturated carbocycles. The van der Waals surface area contributed by atoms with Crippen LogP contribution in [0.1, 0.15) is 5.82 Å². The molecule has 0 N–H and O–H groups in total. The van der Waals surface area contributed by atoms with Crippen LogP contribution >= 0.6 is 11.6 Å². The van der Waals surface area contributed by atoms with Crippen LogP contribution in [0.25, 0.3) is 11.5 Å². The van der Waals surface area contributed by atoms with Gasteiger partial charge in [0, 0.05) is 0 Å². The number of nitro groups is 1. The zero-order valence-electron chi connectivity index (χ0n) is 8.56. The zero-order chi connectivity index (χ0) is 13.3. The van der Waals surface area contributed by atoms with E-state index in [2.05, 4.69) is 14.7 Å². The number of nitro benzene ring substituents is 1. The third kappa shape index (κ3) is 2.14. The van der Waals surface area contributed by atoms with E-state index in [1.165, 1.54) is 0 Å². The standard InChI is InChI=1S/C9H4ClF2N3O3/c10-3-7-13-9(18-14-7)5-1-4(11)2-6(8(5)12)15(16)17/h1-2H,3H2. The van der Waals surface area contributed by atoms with Gasteiger partial charge in [0.05, 0.1) is 22.4 Å². The van der Waals surface area contributed by atoms with E-state index in [4.69, 9.17) is 11.6 Å². The fourth-order valence-electron chi connectivity index (χ4n) is 1.28. The summed E-state index contributed by atoms with van der Waals surface area (Å²) in [6, 6.07) is 1.20. The van der Waals surface area contributed by atoms with E-state index in [0.717, 1.165) is 6.07 Å². The van der Waals surface area contributed by atoms with Gasteiger partial charge in [0.1, 0.15) is 5.82 Å². The van der Waals surface area contributed by atoms with E-state index in [0.29, 0.717) is 6.07 Å². The molecule has 2 aromatic rings. The molecule has 0 atom stereocenters. The largest absolute Gasteiger partial charge is 0.334 e. The van der Waals surface area contributed by atoms with Gasteiger partial charge in [0.15, 0.2) is 5.82 Å². The fourth-order valence-corrected chi connectivity index (χ4v) is 1.39. The van der Waals surface area contributed by atoms with Gasteiger partial charge in [-0.1, -0.05) is 5.16 Å². The number of alkyl halides is 1. The fraction of sp³-hybridized carbons (Fsp3) is 0.111. The summed E-state index contributed by atoms with van der Waals surface area (Å²) in [7, 11) is 0. The maximum atomic E-state index is 13.7. The lowest BCUT2D eigenvalue weighted by Crippen LogP contribution is -1.97. The Labute approximate surface area is 103 Å². The summed E-state index contributed by atoms with van der Waals surface area (Å²) in [5, 5.41) is 13.9. The van der Waals surface area contributed by atoms with E-state index < -0.39 is 27.8 Å². The zero-order valence-corrected chi connectivity index (χ0v) is 9.32. The summed E-state index contributed by atoms with van der Waals surface area (Å²) in [4.78, 5) is 13.2. The van der Waals surface area contributed by atoms with Gasteiger partial charge in [-0.15, -0.1) is 11.6 Å². The molecular formula is C9H4ClF2N3O3. The number of nitrogens with zero attached hydrogens (tertiary/aromatic N) is 3. The number of hydrogen-bond acceptors (Lipinski definition) is 5. The Morgan fingerprint density at radius 2 is 2.17 bits per heavy atom. The SMILES string of the molecule is O=[N+]([O-])c1cc(F)cc(-c2nc(CCl)no2)c1F. The maximum Gasteiger partial charge on any atom is 0.308 e. The lowest BCUT2D eigenvalue weighted by molar-refractivity contribution is -0.387. The summed E-state index contributed by atoms with van der Waals surface area (Å²) >= 11 is 5.42. The summed E-state index contributed by atoms with van der Waals surface area (Å²) in [6.07, 6.45) is 0. The van der Waals surface area contributed by atoms with Crippen molar-refractivity contribution in [3.8, 4) is 11.5 Å². The second-order valence-corrected chi connectivity index (χ2v) is 3.46. The van der Waals surface area contributed by atoms with Crippen molar-refractivity contribution in [3.05, 3.63) is 39.7 Å². The molecule has 1 aromatic carbocycles. The van der Waals surface area contributed by atoms with Crippen molar-refractivity contribution >= 4 is 17.3 Å². The summed E-state index contributed by atoms with van der Waals surface area (Å²) < 4.78 is 31.5. The Bertz CT molecular complexity index is 617. The Morgan fingerprint density at radius 1 is 1.44 bits per heavy atom. The molecule has 6 nitrogen and oxygen atoms in total. The minimum Gasteiger partial charge on any atom is -0.334 e. The van der Waals surface area contributed by atoms with Crippen LogP contribution in [-0.2, 0) is 5.88 Å². The molecule has 0 bridgehead atoms. The van der Waals surface area contributed by atoms with Gasteiger partial charge >= 0.3 is 5.69 Å². The predicted octanol–water partition coefficient (Wildman–Crippen LogP) is 2.66. The van der Waals surface area contributed by atoms with Crippen molar-refractivity contribution in [2.24, 2.45) is 0 Å². The molecule has 0 radical (unpaired) electrons. The normalized spacial score (nSPS) is 10.6. The van der Waals surface area contributed by atoms with Gasteiger partial charge < -0.3 is 4.52 Å². The molecule has 0 aliphatic carbocycles. The Kier molecular flexibility index (Phi) is 3.19. The lowest BCUT2D eigenvalue weighted by atomic mass is 10.2. The van der Waals surface area contributed by atoms with Gasteiger partial charge in [0.2, 0.25) is 5.82 Å². The van der Waals surface area contributed by atoms with Gasteiger partial charge in [-0.3, -0.25) is 10.1 Å². The van der Waals surface area contributed by atoms with Crippen LogP contribution in [-0.4, -0.2) is 15.1 Å². The molecule has 1 heterocycles. The van der Waals surface area contributed by atoms with Crippen molar-refractivity contribution in [2.45, 2.75) is 5.88 Å². The Hall–Kier alpha value is -2.09. The van der Waals surface area contributed by atoms with E-state index in [1.54, 1.807) is 0 Å². The van der Waals surface area contributed by atoms with Crippen LogP contribution in [0.5, 0.6) is 0 Å². The van der Waals surface area contributed by atoms with Crippen LogP contribution in [0.3, 0.4) is 0 Å². The number of benzene rings is 1. The molecule has 18 heavy (non-hydrogen) atoms. The summed E-state index contributed by atoms with van der Waals surface area (Å²) in [5.74, 6) is -2.61. The van der Waals surface area contributed by atoms with Crippen molar-refractivity contribution in [3.63, 3.8) is 0 Å². The second-order valence-electron chi connectivity index (χ2n) is 3.19. The van der Waals surface area contributed by atoms with Crippen LogP contribution in [0, 0.1) is 21.7 Å². The highest BCUT2D eigenvalue weighted by molar-refractivity contribution is 6.16. The number of hydrogen-bond donors (Lipinski definition) is 0. The molecule has 0 amide bonds. The van der Waals surface area contributed by atoms with Crippen molar-refractivity contribution in [1.82, 2.24) is 10.1 Å². The van der Waals surface area contributed by atoms with Crippen molar-refractivity contribution < 1.29 is 18.2 Å². The molecule has 94 valence electrons. The van der Waals surface area contributed by atoms with Crippen LogP contribution in [0.2, 0.25) is 0 Å². The second kappa shape index (κ2) is 4.65. The van der Waals surface area contributed by atoms with E-state index in [9.17, 15) is 18.9 Å². The maximum absolute atomic E-state index is 13.7. The van der Waals surface area contributed by atoms with Gasteiger partial charge in [-0.25, -0.2) is 4.39 Å². The first kappa shape index (κ1) is 12.4. The topological polar surface area (TPSA) is 82.1 Å². The van der Waals surface area contributed by atoms with Crippen LogP contribution < -0.4 is 0 Å². The molecule has 0 unspecified atom stereocenters. The van der Waals surface area contributed by atoms with Crippen LogP contribution in [0.15, 0.2) is 16.7 Å². The molecule has 0 aliphatic rings. The van der Waals surface area contributed by atoms with E-state index in [-0.39, 0.29) is 17.6 Å². The van der Waals surface area contributed by atoms with Gasteiger partial charge in [-0.05, 0) is 6.07 Å². The first-order valence-corrected chi connectivity index (χ1v) is 5.08. The Balaban J connectivity index is 2.60. The first-order chi connectivity index (χ1) is 8.52. The van der Waals surface area contributed by atoms with E-state index in [1.807, 2.05) is 0 Å². The third-order valence-corrected chi connectivity index (χ3v) is 2.27. The predicted molar refractivity (Wildman–Crippen MR) is 55.9 cm³/mol. The number of halogens is 3. The third-order valence-electron chi connectivity index (χ3n) is 2.03. The quantitative estimate of drug-likeness (QED) is 0.488. The number of rotatable bonds is 3. The monoisotopic (exact) mass is 275 g/mol. The summed E-state index contributed by atoms with van der Waals surface area (Å²) in [6.45, 7) is 0. The highest BCUT2D eigenvalue weighted by Crippen LogP contribution is 2.29. The molecule has 0 fully saturated rings. The lowest BCUT2D eigenvalue weighted by Gasteiger charge is -1.99. The average Bonchev–Trinajstić information content (AvgIpc) is 2.79. The molecule has 0 aliphatic heterocycles. The molecule has 2 rings (SSSR count). The minimum absolute atomic E-state index is 0.0676. The molecule has 1 aromatic heterocycles. The van der Waals surface area contributed by atoms with E-state index >= 15 is 0 Å². The first-order valence-electron chi connectivity index (χ1n) is 4.55. The van der Waals surface area contributed by atoms with Gasteiger partial charge in [-0.2, -0.15) is 9.37 Å². The molecule has 0 spiro atoms.